The summed E-state index contributed by atoms with van der Waals surface area (Å²) < 4.78 is 20.2. The third kappa shape index (κ3) is 3.69. The first kappa shape index (κ1) is 17.1. The first-order valence-corrected chi connectivity index (χ1v) is 7.97. The average molecular weight is 342 g/mol. The molecule has 3 aromatic rings. The average Bonchev–Trinajstić information content (AvgIpc) is 2.57. The zero-order valence-corrected chi connectivity index (χ0v) is 14.1. The smallest absolute Gasteiger partial charge is 0.261 e. The predicted molar refractivity (Wildman–Crippen MR) is 93.4 cm³/mol. The molecule has 0 aliphatic heterocycles. The van der Waals surface area contributed by atoms with Crippen molar-refractivity contribution in [3.63, 3.8) is 0 Å². The highest BCUT2D eigenvalue weighted by Crippen LogP contribution is 2.22. The Kier molecular flexibility index (Phi) is 4.81. The topological polar surface area (TPSA) is 64.3 Å². The van der Waals surface area contributed by atoms with E-state index in [4.69, 9.17) is 4.74 Å². The molecule has 5 nitrogen and oxygen atoms in total. The predicted octanol–water partition coefficient (Wildman–Crippen LogP) is 2.59. The molecule has 3 rings (SSSR count). The van der Waals surface area contributed by atoms with E-state index < -0.39 is 11.9 Å². The number of aromatic nitrogens is 2. The summed E-state index contributed by atoms with van der Waals surface area (Å²) in [4.78, 5) is 16.5. The highest BCUT2D eigenvalue weighted by Gasteiger charge is 2.12. The fourth-order valence-electron chi connectivity index (χ4n) is 2.75. The maximum absolute atomic E-state index is 13.2. The second-order valence-electron chi connectivity index (χ2n) is 6.05. The molecule has 0 radical (unpaired) electrons. The number of ether oxygens (including phenoxy) is 1. The second-order valence-corrected chi connectivity index (χ2v) is 6.05. The minimum absolute atomic E-state index is 0.0457. The van der Waals surface area contributed by atoms with E-state index in [-0.39, 0.29) is 18.7 Å². The quantitative estimate of drug-likeness (QED) is 0.774. The minimum atomic E-state index is -0.878. The second kappa shape index (κ2) is 7.03. The Bertz CT molecular complexity index is 948. The fraction of sp³-hybridized carbons (Fsp3) is 0.263. The number of aryl methyl sites for hydroxylation is 2. The molecule has 2 aromatic carbocycles. The summed E-state index contributed by atoms with van der Waals surface area (Å²) in [5.41, 5.74) is 1.94. The SMILES string of the molecule is Cc1cccc(C)c1OCC(O)Cn1cnc2cc(F)ccc2c1=O. The van der Waals surface area contributed by atoms with Crippen LogP contribution in [0.2, 0.25) is 0 Å². The molecule has 25 heavy (non-hydrogen) atoms. The van der Waals surface area contributed by atoms with Crippen LogP contribution in [0.5, 0.6) is 5.75 Å². The van der Waals surface area contributed by atoms with E-state index in [1.54, 1.807) is 0 Å². The highest BCUT2D eigenvalue weighted by molar-refractivity contribution is 5.77. The van der Waals surface area contributed by atoms with Crippen LogP contribution < -0.4 is 10.3 Å². The molecule has 0 fully saturated rings. The summed E-state index contributed by atoms with van der Waals surface area (Å²) in [5.74, 6) is 0.292. The van der Waals surface area contributed by atoms with E-state index in [9.17, 15) is 14.3 Å². The van der Waals surface area contributed by atoms with Gasteiger partial charge in [-0.15, -0.1) is 0 Å². The Labute approximate surface area is 144 Å². The van der Waals surface area contributed by atoms with Gasteiger partial charge in [-0.3, -0.25) is 9.36 Å². The van der Waals surface area contributed by atoms with Crippen LogP contribution in [0, 0.1) is 19.7 Å². The number of nitrogens with zero attached hydrogens (tertiary/aromatic N) is 2. The van der Waals surface area contributed by atoms with Crippen molar-refractivity contribution < 1.29 is 14.2 Å². The van der Waals surface area contributed by atoms with Crippen molar-refractivity contribution in [2.24, 2.45) is 0 Å². The maximum atomic E-state index is 13.2. The van der Waals surface area contributed by atoms with Crippen molar-refractivity contribution in [3.8, 4) is 5.75 Å². The zero-order valence-electron chi connectivity index (χ0n) is 14.1. The molecular weight excluding hydrogens is 323 g/mol. The molecule has 1 unspecified atom stereocenters. The maximum Gasteiger partial charge on any atom is 0.261 e. The Hall–Kier alpha value is -2.73. The molecular formula is C19H19FN2O3. The number of hydrogen-bond donors (Lipinski definition) is 1. The van der Waals surface area contributed by atoms with Crippen LogP contribution in [0.15, 0.2) is 47.5 Å². The normalized spacial score (nSPS) is 12.3. The van der Waals surface area contributed by atoms with Crippen LogP contribution in [0.4, 0.5) is 4.39 Å². The molecule has 1 aromatic heterocycles. The van der Waals surface area contributed by atoms with E-state index in [1.165, 1.54) is 29.1 Å². The summed E-state index contributed by atoms with van der Waals surface area (Å²) in [6.07, 6.45) is 0.434. The largest absolute Gasteiger partial charge is 0.490 e. The van der Waals surface area contributed by atoms with Gasteiger partial charge in [-0.05, 0) is 37.1 Å². The lowest BCUT2D eigenvalue weighted by molar-refractivity contribution is 0.0908. The summed E-state index contributed by atoms with van der Waals surface area (Å²) >= 11 is 0. The van der Waals surface area contributed by atoms with Crippen LogP contribution >= 0.6 is 0 Å². The van der Waals surface area contributed by atoms with Gasteiger partial charge >= 0.3 is 0 Å². The lowest BCUT2D eigenvalue weighted by Crippen LogP contribution is -2.30. The van der Waals surface area contributed by atoms with Crippen molar-refractivity contribution in [2.75, 3.05) is 6.61 Å². The fourth-order valence-corrected chi connectivity index (χ4v) is 2.75. The zero-order chi connectivity index (χ0) is 18.0. The van der Waals surface area contributed by atoms with Crippen LogP contribution in [-0.4, -0.2) is 27.4 Å². The van der Waals surface area contributed by atoms with Crippen molar-refractivity contribution in [1.29, 1.82) is 0 Å². The van der Waals surface area contributed by atoms with Gasteiger partial charge in [0.05, 0.1) is 23.8 Å². The number of para-hydroxylation sites is 1. The molecule has 1 atom stereocenters. The van der Waals surface area contributed by atoms with Gasteiger partial charge in [0.2, 0.25) is 0 Å². The number of benzene rings is 2. The highest BCUT2D eigenvalue weighted by atomic mass is 19.1. The number of halogens is 1. The number of hydrogen-bond acceptors (Lipinski definition) is 4. The van der Waals surface area contributed by atoms with E-state index in [2.05, 4.69) is 4.98 Å². The number of aliphatic hydroxyl groups is 1. The molecule has 1 heterocycles. The summed E-state index contributed by atoms with van der Waals surface area (Å²) in [6.45, 7) is 3.97. The Balaban J connectivity index is 1.74. The van der Waals surface area contributed by atoms with E-state index in [0.29, 0.717) is 10.9 Å². The third-order valence-electron chi connectivity index (χ3n) is 4.02. The van der Waals surface area contributed by atoms with Crippen molar-refractivity contribution in [2.45, 2.75) is 26.5 Å². The summed E-state index contributed by atoms with van der Waals surface area (Å²) in [6, 6.07) is 9.64. The standard InChI is InChI=1S/C19H19FN2O3/c1-12-4-3-5-13(2)18(12)25-10-15(23)9-22-11-21-17-8-14(20)6-7-16(17)19(22)24/h3-8,11,15,23H,9-10H2,1-2H3. The van der Waals surface area contributed by atoms with Crippen molar-refractivity contribution >= 4 is 10.9 Å². The molecule has 0 bridgehead atoms. The lowest BCUT2D eigenvalue weighted by atomic mass is 10.1. The minimum Gasteiger partial charge on any atom is -0.490 e. The molecule has 130 valence electrons. The van der Waals surface area contributed by atoms with Crippen LogP contribution in [0.1, 0.15) is 11.1 Å². The molecule has 0 aliphatic carbocycles. The molecule has 0 amide bonds. The first-order chi connectivity index (χ1) is 12.0. The Morgan fingerprint density at radius 2 is 1.96 bits per heavy atom. The van der Waals surface area contributed by atoms with Gasteiger partial charge in [-0.25, -0.2) is 9.37 Å². The van der Waals surface area contributed by atoms with Gasteiger partial charge in [0.15, 0.2) is 0 Å². The van der Waals surface area contributed by atoms with Crippen molar-refractivity contribution in [3.05, 3.63) is 70.0 Å². The van der Waals surface area contributed by atoms with Gasteiger partial charge in [0.1, 0.15) is 24.3 Å². The molecule has 6 heteroatoms. The number of fused-ring (bicyclic) bond motifs is 1. The van der Waals surface area contributed by atoms with Gasteiger partial charge in [0, 0.05) is 6.07 Å². The number of aliphatic hydroxyl groups excluding tert-OH is 1. The molecule has 0 saturated heterocycles. The first-order valence-electron chi connectivity index (χ1n) is 7.97. The summed E-state index contributed by atoms with van der Waals surface area (Å²) in [7, 11) is 0. The Morgan fingerprint density at radius 1 is 1.24 bits per heavy atom. The van der Waals surface area contributed by atoms with Gasteiger partial charge in [0.25, 0.3) is 5.56 Å². The van der Waals surface area contributed by atoms with E-state index in [0.717, 1.165) is 16.9 Å². The van der Waals surface area contributed by atoms with Crippen molar-refractivity contribution in [1.82, 2.24) is 9.55 Å². The monoisotopic (exact) mass is 342 g/mol. The van der Waals surface area contributed by atoms with Gasteiger partial charge < -0.3 is 9.84 Å². The number of rotatable bonds is 5. The molecule has 0 saturated carbocycles. The van der Waals surface area contributed by atoms with E-state index >= 15 is 0 Å². The van der Waals surface area contributed by atoms with Gasteiger partial charge in [-0.1, -0.05) is 18.2 Å². The van der Waals surface area contributed by atoms with E-state index in [1.807, 2.05) is 32.0 Å². The van der Waals surface area contributed by atoms with Gasteiger partial charge in [-0.2, -0.15) is 0 Å². The molecule has 0 aliphatic rings. The van der Waals surface area contributed by atoms with Crippen LogP contribution in [0.25, 0.3) is 10.9 Å². The lowest BCUT2D eigenvalue weighted by Gasteiger charge is -2.16. The van der Waals surface area contributed by atoms with Crippen LogP contribution in [-0.2, 0) is 6.54 Å². The molecule has 1 N–H and O–H groups in total. The summed E-state index contributed by atoms with van der Waals surface area (Å²) in [5, 5.41) is 10.5. The van der Waals surface area contributed by atoms with Crippen LogP contribution in [0.3, 0.4) is 0 Å². The third-order valence-corrected chi connectivity index (χ3v) is 4.02. The Morgan fingerprint density at radius 3 is 2.68 bits per heavy atom. The molecule has 0 spiro atoms.